The van der Waals surface area contributed by atoms with Crippen molar-refractivity contribution in [1.82, 2.24) is 9.88 Å². The maximum Gasteiger partial charge on any atom is 0.0529 e. The van der Waals surface area contributed by atoms with Gasteiger partial charge in [0.15, 0.2) is 0 Å². The van der Waals surface area contributed by atoms with Crippen LogP contribution in [0.4, 0.5) is 0 Å². The zero-order valence-corrected chi connectivity index (χ0v) is 10.9. The van der Waals surface area contributed by atoms with Gasteiger partial charge < -0.3 is 15.0 Å². The SMILES string of the molecule is CNC1CCCCc2cn(CCC(C)O)cc21. The molecular weight excluding hydrogens is 212 g/mol. The summed E-state index contributed by atoms with van der Waals surface area (Å²) in [6, 6.07) is 0.514. The van der Waals surface area contributed by atoms with Gasteiger partial charge in [-0.25, -0.2) is 0 Å². The largest absolute Gasteiger partial charge is 0.393 e. The molecule has 1 aliphatic carbocycles. The number of aryl methyl sites for hydroxylation is 2. The molecule has 96 valence electrons. The minimum absolute atomic E-state index is 0.211. The normalized spacial score (nSPS) is 21.9. The van der Waals surface area contributed by atoms with Crippen LogP contribution in [0.25, 0.3) is 0 Å². The van der Waals surface area contributed by atoms with Crippen molar-refractivity contribution in [2.24, 2.45) is 0 Å². The van der Waals surface area contributed by atoms with Crippen LogP contribution in [0, 0.1) is 0 Å². The van der Waals surface area contributed by atoms with Gasteiger partial charge in [0.1, 0.15) is 0 Å². The molecule has 1 heterocycles. The smallest absolute Gasteiger partial charge is 0.0529 e. The number of aliphatic hydroxyl groups excluding tert-OH is 1. The van der Waals surface area contributed by atoms with Crippen LogP contribution in [0.2, 0.25) is 0 Å². The van der Waals surface area contributed by atoms with Gasteiger partial charge in [-0.15, -0.1) is 0 Å². The van der Waals surface area contributed by atoms with Crippen molar-refractivity contribution in [3.05, 3.63) is 23.5 Å². The van der Waals surface area contributed by atoms with E-state index in [0.717, 1.165) is 13.0 Å². The third kappa shape index (κ3) is 3.11. The average Bonchev–Trinajstić information content (AvgIpc) is 2.61. The summed E-state index contributed by atoms with van der Waals surface area (Å²) in [6.07, 6.45) is 10.2. The van der Waals surface area contributed by atoms with Crippen molar-refractivity contribution in [1.29, 1.82) is 0 Å². The lowest BCUT2D eigenvalue weighted by molar-refractivity contribution is 0.178. The Morgan fingerprint density at radius 3 is 3.00 bits per heavy atom. The molecular formula is C14H24N2O. The number of nitrogens with zero attached hydrogens (tertiary/aromatic N) is 1. The number of hydrogen-bond donors (Lipinski definition) is 2. The van der Waals surface area contributed by atoms with Crippen molar-refractivity contribution in [3.8, 4) is 0 Å². The molecule has 17 heavy (non-hydrogen) atoms. The number of aromatic nitrogens is 1. The second kappa shape index (κ2) is 5.69. The van der Waals surface area contributed by atoms with E-state index in [9.17, 15) is 5.11 Å². The lowest BCUT2D eigenvalue weighted by atomic mass is 10.1. The Morgan fingerprint density at radius 2 is 2.29 bits per heavy atom. The van der Waals surface area contributed by atoms with E-state index in [1.165, 1.54) is 36.8 Å². The van der Waals surface area contributed by atoms with Gasteiger partial charge in [-0.3, -0.25) is 0 Å². The minimum atomic E-state index is -0.211. The van der Waals surface area contributed by atoms with E-state index in [4.69, 9.17) is 0 Å². The summed E-state index contributed by atoms with van der Waals surface area (Å²) in [5, 5.41) is 12.7. The molecule has 0 bridgehead atoms. The van der Waals surface area contributed by atoms with Crippen LogP contribution < -0.4 is 5.32 Å². The maximum absolute atomic E-state index is 9.33. The molecule has 2 atom stereocenters. The van der Waals surface area contributed by atoms with Gasteiger partial charge in [0, 0.05) is 25.0 Å². The van der Waals surface area contributed by atoms with Crippen LogP contribution in [0.5, 0.6) is 0 Å². The van der Waals surface area contributed by atoms with Crippen molar-refractivity contribution >= 4 is 0 Å². The molecule has 0 amide bonds. The van der Waals surface area contributed by atoms with Gasteiger partial charge in [-0.05, 0) is 50.8 Å². The molecule has 0 aliphatic heterocycles. The summed E-state index contributed by atoms with van der Waals surface area (Å²) in [5.74, 6) is 0. The number of aliphatic hydroxyl groups is 1. The highest BCUT2D eigenvalue weighted by Gasteiger charge is 2.18. The minimum Gasteiger partial charge on any atom is -0.393 e. The first-order chi connectivity index (χ1) is 8.20. The first-order valence-corrected chi connectivity index (χ1v) is 6.74. The summed E-state index contributed by atoms with van der Waals surface area (Å²) < 4.78 is 2.24. The fraction of sp³-hybridized carbons (Fsp3) is 0.714. The molecule has 0 saturated heterocycles. The van der Waals surface area contributed by atoms with Crippen LogP contribution >= 0.6 is 0 Å². The predicted molar refractivity (Wildman–Crippen MR) is 70.1 cm³/mol. The van der Waals surface area contributed by atoms with Crippen molar-refractivity contribution in [2.45, 2.75) is 57.7 Å². The molecule has 1 aromatic heterocycles. The topological polar surface area (TPSA) is 37.2 Å². The number of fused-ring (bicyclic) bond motifs is 1. The molecule has 1 aliphatic rings. The molecule has 0 fully saturated rings. The lowest BCUT2D eigenvalue weighted by Gasteiger charge is -2.13. The summed E-state index contributed by atoms with van der Waals surface area (Å²) in [5.41, 5.74) is 2.96. The molecule has 2 N–H and O–H groups in total. The number of nitrogens with one attached hydrogen (secondary N) is 1. The molecule has 2 unspecified atom stereocenters. The van der Waals surface area contributed by atoms with Crippen LogP contribution in [-0.4, -0.2) is 22.8 Å². The van der Waals surface area contributed by atoms with E-state index in [0.29, 0.717) is 6.04 Å². The van der Waals surface area contributed by atoms with Crippen LogP contribution in [-0.2, 0) is 13.0 Å². The number of rotatable bonds is 4. The molecule has 2 rings (SSSR count). The third-order valence-electron chi connectivity index (χ3n) is 3.72. The molecule has 0 aromatic carbocycles. The Morgan fingerprint density at radius 1 is 1.47 bits per heavy atom. The van der Waals surface area contributed by atoms with Crippen LogP contribution in [0.1, 0.15) is 49.8 Å². The highest BCUT2D eigenvalue weighted by molar-refractivity contribution is 5.29. The highest BCUT2D eigenvalue weighted by Crippen LogP contribution is 2.29. The quantitative estimate of drug-likeness (QED) is 0.787. The second-order valence-corrected chi connectivity index (χ2v) is 5.20. The summed E-state index contributed by atoms with van der Waals surface area (Å²) in [6.45, 7) is 2.77. The summed E-state index contributed by atoms with van der Waals surface area (Å²) in [7, 11) is 2.05. The first-order valence-electron chi connectivity index (χ1n) is 6.74. The average molecular weight is 236 g/mol. The fourth-order valence-corrected chi connectivity index (χ4v) is 2.68. The van der Waals surface area contributed by atoms with E-state index < -0.39 is 0 Å². The highest BCUT2D eigenvalue weighted by atomic mass is 16.3. The zero-order chi connectivity index (χ0) is 12.3. The summed E-state index contributed by atoms with van der Waals surface area (Å²) in [4.78, 5) is 0. The van der Waals surface area contributed by atoms with Gasteiger partial charge in [0.25, 0.3) is 0 Å². The molecule has 0 radical (unpaired) electrons. The Balaban J connectivity index is 2.12. The van der Waals surface area contributed by atoms with Gasteiger partial charge in [0.2, 0.25) is 0 Å². The van der Waals surface area contributed by atoms with Crippen LogP contribution in [0.3, 0.4) is 0 Å². The van der Waals surface area contributed by atoms with E-state index in [1.807, 2.05) is 14.0 Å². The van der Waals surface area contributed by atoms with Crippen molar-refractivity contribution in [3.63, 3.8) is 0 Å². The Kier molecular flexibility index (Phi) is 4.24. The Labute approximate surface area is 104 Å². The summed E-state index contributed by atoms with van der Waals surface area (Å²) >= 11 is 0. The van der Waals surface area contributed by atoms with Crippen molar-refractivity contribution in [2.75, 3.05) is 7.05 Å². The molecule has 0 spiro atoms. The molecule has 1 aromatic rings. The lowest BCUT2D eigenvalue weighted by Crippen LogP contribution is -2.15. The predicted octanol–water partition coefficient (Wildman–Crippen LogP) is 2.25. The van der Waals surface area contributed by atoms with Gasteiger partial charge in [-0.1, -0.05) is 6.42 Å². The Hall–Kier alpha value is -0.800. The zero-order valence-electron chi connectivity index (χ0n) is 10.9. The van der Waals surface area contributed by atoms with Gasteiger partial charge in [-0.2, -0.15) is 0 Å². The first kappa shape index (κ1) is 12.7. The van der Waals surface area contributed by atoms with E-state index in [-0.39, 0.29) is 6.10 Å². The van der Waals surface area contributed by atoms with Gasteiger partial charge in [0.05, 0.1) is 6.10 Å². The van der Waals surface area contributed by atoms with Crippen molar-refractivity contribution < 1.29 is 5.11 Å². The number of hydrogen-bond acceptors (Lipinski definition) is 2. The van der Waals surface area contributed by atoms with Gasteiger partial charge >= 0.3 is 0 Å². The monoisotopic (exact) mass is 236 g/mol. The van der Waals surface area contributed by atoms with Crippen LogP contribution in [0.15, 0.2) is 12.4 Å². The Bertz CT molecular complexity index is 357. The molecule has 3 nitrogen and oxygen atoms in total. The van der Waals surface area contributed by atoms with E-state index >= 15 is 0 Å². The molecule has 3 heteroatoms. The molecule has 0 saturated carbocycles. The maximum atomic E-state index is 9.33. The second-order valence-electron chi connectivity index (χ2n) is 5.20. The standard InChI is InChI=1S/C14H24N2O/c1-11(17)7-8-16-9-12-5-3-4-6-14(15-2)13(12)10-16/h9-11,14-15,17H,3-8H2,1-2H3. The van der Waals surface area contributed by atoms with E-state index in [1.54, 1.807) is 0 Å². The third-order valence-corrected chi connectivity index (χ3v) is 3.72. The fourth-order valence-electron chi connectivity index (χ4n) is 2.68. The van der Waals surface area contributed by atoms with E-state index in [2.05, 4.69) is 22.3 Å².